The smallest absolute Gasteiger partial charge is 0.160 e. The van der Waals surface area contributed by atoms with E-state index in [1.807, 2.05) is 0 Å². The summed E-state index contributed by atoms with van der Waals surface area (Å²) in [5.74, 6) is -2.52. The summed E-state index contributed by atoms with van der Waals surface area (Å²) in [4.78, 5) is 0. The Balaban J connectivity index is 2.34. The molecule has 0 aromatic heterocycles. The molecule has 0 heterocycles. The number of aliphatic hydroxyl groups excluding tert-OH is 1. The molecule has 0 aliphatic carbocycles. The molecule has 0 spiro atoms. The largest absolute Gasteiger partial charge is 0.493 e. The van der Waals surface area contributed by atoms with Crippen molar-refractivity contribution in [1.82, 2.24) is 0 Å². The highest BCUT2D eigenvalue weighted by Crippen LogP contribution is 2.28. The molecule has 2 aromatic carbocycles. The van der Waals surface area contributed by atoms with Crippen LogP contribution in [0, 0.1) is 13.8 Å². The van der Waals surface area contributed by atoms with Gasteiger partial charge < -0.3 is 19.3 Å². The molecule has 0 bridgehead atoms. The summed E-state index contributed by atoms with van der Waals surface area (Å²) in [5.41, 5.74) is 0.234. The Morgan fingerprint density at radius 3 is 2.65 bits per heavy atom. The van der Waals surface area contributed by atoms with Gasteiger partial charge in [-0.1, -0.05) is 18.5 Å². The lowest BCUT2D eigenvalue weighted by Crippen LogP contribution is -2.17. The minimum Gasteiger partial charge on any atom is -0.493 e. The maximum Gasteiger partial charge on any atom is 0.160 e. The van der Waals surface area contributed by atoms with Gasteiger partial charge >= 0.3 is 0 Å². The minimum atomic E-state index is -3.18. The number of rotatable bonds is 10. The molecule has 4 nitrogen and oxygen atoms in total. The van der Waals surface area contributed by atoms with Crippen LogP contribution in [0.1, 0.15) is 57.8 Å². The third kappa shape index (κ3) is 5.95. The summed E-state index contributed by atoms with van der Waals surface area (Å²) in [6.07, 6.45) is -6.46. The lowest BCUT2D eigenvalue weighted by atomic mass is 10.0. The van der Waals surface area contributed by atoms with Crippen LogP contribution in [-0.2, 0) is 6.42 Å². The van der Waals surface area contributed by atoms with Crippen LogP contribution >= 0.6 is 0 Å². The van der Waals surface area contributed by atoms with Gasteiger partial charge in [-0.25, -0.2) is 0 Å². The van der Waals surface area contributed by atoms with Crippen molar-refractivity contribution in [3.63, 3.8) is 0 Å². The monoisotopic (exact) mass is 374 g/mol. The van der Waals surface area contributed by atoms with Crippen molar-refractivity contribution >= 4 is 0 Å². The highest BCUT2D eigenvalue weighted by molar-refractivity contribution is 5.42. The topological polar surface area (TPSA) is 47.9 Å². The average molecular weight is 375 g/mol. The van der Waals surface area contributed by atoms with E-state index in [1.54, 1.807) is 0 Å². The first kappa shape index (κ1) is 7.43. The van der Waals surface area contributed by atoms with Crippen molar-refractivity contribution in [3.05, 3.63) is 52.9 Å². The van der Waals surface area contributed by atoms with Crippen molar-refractivity contribution in [2.75, 3.05) is 20.6 Å². The minimum absolute atomic E-state index is 0.239. The van der Waals surface area contributed by atoms with E-state index in [0.717, 1.165) is 0 Å². The molecule has 2 aromatic rings. The molecule has 1 N–H and O–H groups in total. The lowest BCUT2D eigenvalue weighted by Gasteiger charge is -2.13. The number of benzene rings is 2. The Labute approximate surface area is 179 Å². The molecule has 1 atom stereocenters. The van der Waals surface area contributed by atoms with Gasteiger partial charge in [-0.05, 0) is 73.9 Å². The van der Waals surface area contributed by atoms with E-state index in [1.165, 1.54) is 13.8 Å². The number of ether oxygens (including phenoxy) is 3. The highest BCUT2D eigenvalue weighted by Gasteiger charge is 2.07. The van der Waals surface area contributed by atoms with Crippen LogP contribution in [0.25, 0.3) is 0 Å². The van der Waals surface area contributed by atoms with E-state index < -0.39 is 87.0 Å². The van der Waals surface area contributed by atoms with Gasteiger partial charge in [-0.3, -0.25) is 0 Å². The Morgan fingerprint density at radius 1 is 1.04 bits per heavy atom. The van der Waals surface area contributed by atoms with Gasteiger partial charge in [0.05, 0.1) is 39.4 Å². The molecule has 0 amide bonds. The maximum atomic E-state index is 10.6. The summed E-state index contributed by atoms with van der Waals surface area (Å²) < 4.78 is 140. The Hall–Kier alpha value is -2.20. The van der Waals surface area contributed by atoms with Crippen molar-refractivity contribution in [1.29, 1.82) is 0 Å². The second kappa shape index (κ2) is 10.1. The third-order valence-electron chi connectivity index (χ3n) is 3.44. The molecule has 0 radical (unpaired) electrons. The van der Waals surface area contributed by atoms with Gasteiger partial charge in [-0.15, -0.1) is 0 Å². The fourth-order valence-corrected chi connectivity index (χ4v) is 1.93. The summed E-state index contributed by atoms with van der Waals surface area (Å²) in [6.45, 7) is -0.207. The average Bonchev–Trinajstić information content (AvgIpc) is 2.85. The molecule has 4 heteroatoms. The summed E-state index contributed by atoms with van der Waals surface area (Å²) in [6, 6.07) is -3.71. The summed E-state index contributed by atoms with van der Waals surface area (Å²) >= 11 is 0. The molecular formula is C22H30O4. The molecule has 0 saturated heterocycles. The first-order chi connectivity index (χ1) is 18.8. The SMILES string of the molecule is [2H]c1c([2H])c(OC([2H])([2H])C(O)C([2H])([2H])CCCc2c([2H])c([2H])c(OC([2H])([2H])[2H])c(OC([2H])([2H])[2H])c2[2H])c([2H])c(C)c1C. The van der Waals surface area contributed by atoms with Crippen molar-refractivity contribution in [2.45, 2.75) is 45.6 Å². The van der Waals surface area contributed by atoms with Gasteiger partial charge in [0.15, 0.2) is 11.5 Å². The van der Waals surface area contributed by atoms with Gasteiger partial charge in [0.25, 0.3) is 0 Å². The van der Waals surface area contributed by atoms with Crippen LogP contribution in [0.4, 0.5) is 0 Å². The fourth-order valence-electron chi connectivity index (χ4n) is 1.93. The fraction of sp³-hybridized carbons (Fsp3) is 0.455. The van der Waals surface area contributed by atoms with E-state index in [-0.39, 0.29) is 30.0 Å². The van der Waals surface area contributed by atoms with Crippen molar-refractivity contribution in [2.24, 2.45) is 0 Å². The predicted molar refractivity (Wildman–Crippen MR) is 105 cm³/mol. The molecule has 0 aliphatic heterocycles. The quantitative estimate of drug-likeness (QED) is 0.666. The van der Waals surface area contributed by atoms with E-state index in [9.17, 15) is 5.11 Å². The molecule has 0 fully saturated rings. The normalized spacial score (nSPS) is 22.9. The lowest BCUT2D eigenvalue weighted by molar-refractivity contribution is 0.0976. The van der Waals surface area contributed by atoms with Gasteiger partial charge in [0.1, 0.15) is 12.3 Å². The molecule has 26 heavy (non-hydrogen) atoms. The molecule has 1 unspecified atom stereocenters. The highest BCUT2D eigenvalue weighted by atomic mass is 16.5. The number of hydrogen-bond donors (Lipinski definition) is 1. The van der Waals surface area contributed by atoms with Crippen LogP contribution < -0.4 is 14.2 Å². The van der Waals surface area contributed by atoms with E-state index >= 15 is 0 Å². The maximum absolute atomic E-state index is 10.6. The predicted octanol–water partition coefficient (Wildman–Crippen LogP) is 4.47. The van der Waals surface area contributed by atoms with Crippen LogP contribution in [0.15, 0.2) is 36.3 Å². The van der Waals surface area contributed by atoms with Gasteiger partial charge in [0.2, 0.25) is 0 Å². The third-order valence-corrected chi connectivity index (χ3v) is 3.44. The standard InChI is InChI=1S/C22H30O4/c1-16-9-11-20(13-17(16)2)26-15-19(23)8-6-5-7-18-10-12-21(24-3)22(14-18)25-4/h9-14,19,23H,5-8,15H2,1-4H3/i3D3,4D3,8D2,9D,10D,11D,12D,13D,14D,15D2. The molecule has 2 rings (SSSR count). The Morgan fingerprint density at radius 2 is 1.85 bits per heavy atom. The van der Waals surface area contributed by atoms with Crippen LogP contribution in [0.3, 0.4) is 0 Å². The molecular weight excluding hydrogens is 328 g/mol. The zero-order chi connectivity index (χ0) is 32.7. The molecule has 0 saturated carbocycles. The van der Waals surface area contributed by atoms with E-state index in [2.05, 4.69) is 4.74 Å². The van der Waals surface area contributed by atoms with E-state index in [0.29, 0.717) is 5.56 Å². The van der Waals surface area contributed by atoms with Crippen LogP contribution in [0.5, 0.6) is 17.2 Å². The second-order valence-electron chi connectivity index (χ2n) is 5.35. The summed E-state index contributed by atoms with van der Waals surface area (Å²) in [5, 5.41) is 10.6. The van der Waals surface area contributed by atoms with Gasteiger partial charge in [0, 0.05) is 2.74 Å². The van der Waals surface area contributed by atoms with Gasteiger partial charge in [-0.2, -0.15) is 0 Å². The molecule has 0 aliphatic rings. The van der Waals surface area contributed by atoms with Crippen molar-refractivity contribution < 1.29 is 41.2 Å². The second-order valence-corrected chi connectivity index (χ2v) is 5.35. The zero-order valence-electron chi connectivity index (χ0n) is 30.4. The number of methoxy groups -OCH3 is 2. The summed E-state index contributed by atoms with van der Waals surface area (Å²) in [7, 11) is -6.35. The number of aliphatic hydroxyl groups is 1. The van der Waals surface area contributed by atoms with Crippen molar-refractivity contribution in [3.8, 4) is 17.2 Å². The van der Waals surface area contributed by atoms with Crippen LogP contribution in [-0.4, -0.2) is 31.8 Å². The first-order valence-electron chi connectivity index (χ1n) is 15.8. The number of hydrogen-bond acceptors (Lipinski definition) is 4. The Bertz CT molecular complexity index is 1290. The van der Waals surface area contributed by atoms with E-state index in [4.69, 9.17) is 31.4 Å². The first-order valence-corrected chi connectivity index (χ1v) is 7.77. The zero-order valence-corrected chi connectivity index (χ0v) is 14.4. The molecule has 142 valence electrons. The van der Waals surface area contributed by atoms with Crippen LogP contribution in [0.2, 0.25) is 0 Å². The Kier molecular flexibility index (Phi) is 2.88.